The summed E-state index contributed by atoms with van der Waals surface area (Å²) in [6.45, 7) is 2.01. The van der Waals surface area contributed by atoms with Crippen LogP contribution in [-0.4, -0.2) is 24.5 Å². The van der Waals surface area contributed by atoms with Gasteiger partial charge in [-0.2, -0.15) is 0 Å². The second-order valence-electron chi connectivity index (χ2n) is 4.45. The molecule has 0 aliphatic carbocycles. The maximum Gasteiger partial charge on any atom is 0.335 e. The molecule has 0 spiro atoms. The number of nitrogens with zero attached hydrogens (tertiary/aromatic N) is 1. The molecule has 0 unspecified atom stereocenters. The number of nitrogens with one attached hydrogen (secondary N) is 1. The van der Waals surface area contributed by atoms with E-state index in [0.29, 0.717) is 5.56 Å². The monoisotopic (exact) mass is 326 g/mol. The minimum absolute atomic E-state index is 0.0704. The van der Waals surface area contributed by atoms with E-state index in [1.807, 2.05) is 6.92 Å². The number of carboxylic acid groups (broad SMARTS) is 1. The van der Waals surface area contributed by atoms with Crippen molar-refractivity contribution in [1.82, 2.24) is 9.71 Å². The smallest absolute Gasteiger partial charge is 0.335 e. The molecule has 0 aliphatic heterocycles. The van der Waals surface area contributed by atoms with Gasteiger partial charge in [-0.15, -0.1) is 11.3 Å². The summed E-state index contributed by atoms with van der Waals surface area (Å²) in [5.41, 5.74) is 2.97. The van der Waals surface area contributed by atoms with E-state index in [4.69, 9.17) is 5.11 Å². The Morgan fingerprint density at radius 1 is 1.43 bits per heavy atom. The number of thiazole rings is 1. The summed E-state index contributed by atoms with van der Waals surface area (Å²) >= 11 is 1.39. The molecule has 2 rings (SSSR count). The van der Waals surface area contributed by atoms with Crippen LogP contribution in [0.5, 0.6) is 0 Å². The fraction of sp³-hybridized carbons (Fsp3) is 0.231. The standard InChI is InChI=1S/C13H14N2O4S2/c1-9-12(20-8-14-9)6-15-21(18,19)7-10-3-2-4-11(5-10)13(16)17/h2-5,8,15H,6-7H2,1H3,(H,16,17). The van der Waals surface area contributed by atoms with Gasteiger partial charge in [-0.1, -0.05) is 12.1 Å². The predicted octanol–water partition coefficient (Wildman–Crippen LogP) is 1.77. The molecule has 0 saturated carbocycles. The van der Waals surface area contributed by atoms with Crippen LogP contribution in [0, 0.1) is 6.92 Å². The van der Waals surface area contributed by atoms with Gasteiger partial charge in [0.05, 0.1) is 22.5 Å². The van der Waals surface area contributed by atoms with Crippen molar-refractivity contribution in [1.29, 1.82) is 0 Å². The Bertz CT molecular complexity index is 753. The molecule has 6 nitrogen and oxygen atoms in total. The Morgan fingerprint density at radius 3 is 2.81 bits per heavy atom. The first-order valence-electron chi connectivity index (χ1n) is 6.06. The molecule has 0 amide bonds. The van der Waals surface area contributed by atoms with Crippen LogP contribution >= 0.6 is 11.3 Å². The van der Waals surface area contributed by atoms with Gasteiger partial charge in [-0.05, 0) is 24.6 Å². The summed E-state index contributed by atoms with van der Waals surface area (Å²) in [6, 6.07) is 5.90. The first-order chi connectivity index (χ1) is 9.87. The van der Waals surface area contributed by atoms with E-state index in [1.54, 1.807) is 11.6 Å². The Hall–Kier alpha value is -1.77. The predicted molar refractivity (Wildman–Crippen MR) is 79.7 cm³/mol. The molecular formula is C13H14N2O4S2. The van der Waals surface area contributed by atoms with Crippen molar-refractivity contribution in [3.8, 4) is 0 Å². The van der Waals surface area contributed by atoms with Crippen molar-refractivity contribution in [3.63, 3.8) is 0 Å². The van der Waals surface area contributed by atoms with Crippen LogP contribution in [-0.2, 0) is 22.3 Å². The van der Waals surface area contributed by atoms with Crippen molar-refractivity contribution in [2.45, 2.75) is 19.2 Å². The van der Waals surface area contributed by atoms with Gasteiger partial charge >= 0.3 is 5.97 Å². The third kappa shape index (κ3) is 4.35. The Balaban J connectivity index is 2.05. The quantitative estimate of drug-likeness (QED) is 0.843. The molecular weight excluding hydrogens is 312 g/mol. The topological polar surface area (TPSA) is 96.4 Å². The number of sulfonamides is 1. The molecule has 1 aromatic carbocycles. The molecule has 0 aliphatic rings. The SMILES string of the molecule is Cc1ncsc1CNS(=O)(=O)Cc1cccc(C(=O)O)c1. The van der Waals surface area contributed by atoms with Crippen molar-refractivity contribution in [2.75, 3.05) is 0 Å². The van der Waals surface area contributed by atoms with Gasteiger partial charge < -0.3 is 5.11 Å². The minimum atomic E-state index is -3.53. The lowest BCUT2D eigenvalue weighted by atomic mass is 10.1. The summed E-state index contributed by atoms with van der Waals surface area (Å²) in [5, 5.41) is 8.90. The second kappa shape index (κ2) is 6.33. The molecule has 0 saturated heterocycles. The van der Waals surface area contributed by atoms with Crippen LogP contribution in [0.2, 0.25) is 0 Å². The first kappa shape index (κ1) is 15.6. The zero-order valence-corrected chi connectivity index (χ0v) is 12.9. The van der Waals surface area contributed by atoms with E-state index < -0.39 is 16.0 Å². The van der Waals surface area contributed by atoms with E-state index in [1.165, 1.54) is 29.5 Å². The lowest BCUT2D eigenvalue weighted by Gasteiger charge is -2.07. The lowest BCUT2D eigenvalue weighted by Crippen LogP contribution is -2.24. The average molecular weight is 326 g/mol. The van der Waals surface area contributed by atoms with Gasteiger partial charge in [0.15, 0.2) is 0 Å². The number of aromatic carboxylic acids is 1. The highest BCUT2D eigenvalue weighted by atomic mass is 32.2. The molecule has 0 bridgehead atoms. The molecule has 1 aromatic heterocycles. The average Bonchev–Trinajstić information content (AvgIpc) is 2.82. The van der Waals surface area contributed by atoms with Crippen molar-refractivity contribution >= 4 is 27.3 Å². The maximum absolute atomic E-state index is 12.0. The van der Waals surface area contributed by atoms with Crippen molar-refractivity contribution in [2.24, 2.45) is 0 Å². The third-order valence-corrected chi connectivity index (χ3v) is 5.06. The number of rotatable bonds is 6. The zero-order chi connectivity index (χ0) is 15.5. The molecule has 0 fully saturated rings. The number of hydrogen-bond acceptors (Lipinski definition) is 5. The highest BCUT2D eigenvalue weighted by molar-refractivity contribution is 7.88. The van der Waals surface area contributed by atoms with Gasteiger partial charge in [-0.25, -0.2) is 22.9 Å². The molecule has 2 N–H and O–H groups in total. The number of hydrogen-bond donors (Lipinski definition) is 2. The van der Waals surface area contributed by atoms with E-state index in [2.05, 4.69) is 9.71 Å². The summed E-state index contributed by atoms with van der Waals surface area (Å²) in [5.74, 6) is -1.34. The van der Waals surface area contributed by atoms with E-state index >= 15 is 0 Å². The van der Waals surface area contributed by atoms with Gasteiger partial charge in [0.2, 0.25) is 10.0 Å². The zero-order valence-electron chi connectivity index (χ0n) is 11.2. The lowest BCUT2D eigenvalue weighted by molar-refractivity contribution is 0.0696. The Labute approximate surface area is 126 Å². The Morgan fingerprint density at radius 2 is 2.19 bits per heavy atom. The van der Waals surface area contributed by atoms with E-state index in [-0.39, 0.29) is 17.9 Å². The van der Waals surface area contributed by atoms with Crippen LogP contribution in [0.15, 0.2) is 29.8 Å². The molecule has 0 radical (unpaired) electrons. The molecule has 8 heteroatoms. The number of carbonyl (C=O) groups is 1. The first-order valence-corrected chi connectivity index (χ1v) is 8.59. The summed E-state index contributed by atoms with van der Waals surface area (Å²) < 4.78 is 26.5. The van der Waals surface area contributed by atoms with Crippen molar-refractivity contribution in [3.05, 3.63) is 51.5 Å². The van der Waals surface area contributed by atoms with E-state index in [9.17, 15) is 13.2 Å². The fourth-order valence-corrected chi connectivity index (χ4v) is 3.63. The summed E-state index contributed by atoms with van der Waals surface area (Å²) in [6.07, 6.45) is 0. The van der Waals surface area contributed by atoms with Gasteiger partial charge in [0, 0.05) is 11.4 Å². The maximum atomic E-state index is 12.0. The largest absolute Gasteiger partial charge is 0.478 e. The van der Waals surface area contributed by atoms with Crippen LogP contribution in [0.4, 0.5) is 0 Å². The summed E-state index contributed by atoms with van der Waals surface area (Å²) in [4.78, 5) is 15.8. The van der Waals surface area contributed by atoms with Gasteiger partial charge in [0.25, 0.3) is 0 Å². The number of aromatic nitrogens is 1. The van der Waals surface area contributed by atoms with Crippen LogP contribution in [0.3, 0.4) is 0 Å². The van der Waals surface area contributed by atoms with Crippen LogP contribution in [0.1, 0.15) is 26.5 Å². The Kier molecular flexibility index (Phi) is 4.71. The highest BCUT2D eigenvalue weighted by Crippen LogP contribution is 2.13. The van der Waals surface area contributed by atoms with Gasteiger partial charge in [-0.3, -0.25) is 0 Å². The van der Waals surface area contributed by atoms with Crippen LogP contribution < -0.4 is 4.72 Å². The van der Waals surface area contributed by atoms with Crippen LogP contribution in [0.25, 0.3) is 0 Å². The molecule has 2 aromatic rings. The summed E-state index contributed by atoms with van der Waals surface area (Å²) in [7, 11) is -3.53. The molecule has 112 valence electrons. The molecule has 21 heavy (non-hydrogen) atoms. The second-order valence-corrected chi connectivity index (χ2v) is 7.19. The van der Waals surface area contributed by atoms with E-state index in [0.717, 1.165) is 10.6 Å². The van der Waals surface area contributed by atoms with Crippen molar-refractivity contribution < 1.29 is 18.3 Å². The number of benzene rings is 1. The molecule has 1 heterocycles. The third-order valence-electron chi connectivity index (χ3n) is 2.83. The highest BCUT2D eigenvalue weighted by Gasteiger charge is 2.14. The van der Waals surface area contributed by atoms with Gasteiger partial charge in [0.1, 0.15) is 0 Å². The minimum Gasteiger partial charge on any atom is -0.478 e. The normalized spacial score (nSPS) is 11.5. The number of aryl methyl sites for hydroxylation is 1. The number of carboxylic acids is 1. The fourth-order valence-electron chi connectivity index (χ4n) is 1.74. The molecule has 0 atom stereocenters.